The third-order valence-corrected chi connectivity index (χ3v) is 7.67. The summed E-state index contributed by atoms with van der Waals surface area (Å²) in [6.07, 6.45) is 5.51. The lowest BCUT2D eigenvalue weighted by Crippen LogP contribution is -2.65. The van der Waals surface area contributed by atoms with Gasteiger partial charge in [-0.3, -0.25) is 14.5 Å². The second-order valence-electron chi connectivity index (χ2n) is 8.95. The molecule has 2 aromatic heterocycles. The van der Waals surface area contributed by atoms with E-state index in [0.29, 0.717) is 24.5 Å². The van der Waals surface area contributed by atoms with Gasteiger partial charge in [-0.05, 0) is 68.5 Å². The average Bonchev–Trinajstić information content (AvgIpc) is 3.38. The molecule has 3 heterocycles. The number of hydrogen-bond acceptors (Lipinski definition) is 4. The molecule has 1 aromatic carbocycles. The first-order valence-electron chi connectivity index (χ1n) is 11.5. The number of aromatic nitrogens is 1. The molecule has 2 amide bonds. The molecule has 1 saturated carbocycles. The van der Waals surface area contributed by atoms with Crippen molar-refractivity contribution in [2.24, 2.45) is 0 Å². The summed E-state index contributed by atoms with van der Waals surface area (Å²) in [6.45, 7) is 4.83. The summed E-state index contributed by atoms with van der Waals surface area (Å²) in [5.41, 5.74) is 0.296. The average molecular weight is 452 g/mol. The molecule has 1 aliphatic heterocycles. The number of fused-ring (bicyclic) bond motifs is 3. The minimum absolute atomic E-state index is 0.0873. The van der Waals surface area contributed by atoms with Gasteiger partial charge in [0, 0.05) is 17.1 Å². The smallest absolute Gasteiger partial charge is 0.275 e. The molecule has 1 unspecified atom stereocenters. The van der Waals surface area contributed by atoms with Gasteiger partial charge in [-0.25, -0.2) is 0 Å². The number of nitrogens with zero attached hydrogens (tertiary/aromatic N) is 2. The maximum atomic E-state index is 13.8. The number of benzene rings is 1. The number of carbonyl (C=O) groups excluding carboxylic acids is 2. The van der Waals surface area contributed by atoms with E-state index in [1.165, 1.54) is 6.42 Å². The van der Waals surface area contributed by atoms with E-state index in [4.69, 9.17) is 4.74 Å². The number of thiophene rings is 1. The fraction of sp³-hybridized carbons (Fsp3) is 0.440. The van der Waals surface area contributed by atoms with Crippen LogP contribution in [-0.2, 0) is 11.3 Å². The summed E-state index contributed by atoms with van der Waals surface area (Å²) in [5.74, 6) is 0.513. The molecular formula is C25H29N3O3S. The maximum absolute atomic E-state index is 13.8. The van der Waals surface area contributed by atoms with E-state index in [1.54, 1.807) is 16.2 Å². The van der Waals surface area contributed by atoms with E-state index in [2.05, 4.69) is 5.32 Å². The summed E-state index contributed by atoms with van der Waals surface area (Å²) in [6, 6.07) is 11.6. The van der Waals surface area contributed by atoms with Crippen molar-refractivity contribution in [3.05, 3.63) is 47.5 Å². The van der Waals surface area contributed by atoms with Crippen LogP contribution in [0.4, 0.5) is 5.69 Å². The zero-order chi connectivity index (χ0) is 22.3. The van der Waals surface area contributed by atoms with E-state index in [0.717, 1.165) is 41.6 Å². The molecule has 5 rings (SSSR count). The zero-order valence-electron chi connectivity index (χ0n) is 18.6. The molecule has 6 nitrogen and oxygen atoms in total. The molecule has 7 heteroatoms. The number of hydrogen-bond donors (Lipinski definition) is 1. The Bertz CT molecular complexity index is 1140. The standard InChI is InChI=1S/C25H29N3O3S/c1-3-31-20-11-9-19(10-12-20)28-22(29)21-15-17-13-14-32-23(17)27(21)16-25(28,2)24(30)26-18-7-5-4-6-8-18/h9-15,18H,3-8,16H2,1-2H3,(H,26,30). The summed E-state index contributed by atoms with van der Waals surface area (Å²) < 4.78 is 7.60. The topological polar surface area (TPSA) is 63.6 Å². The first-order valence-corrected chi connectivity index (χ1v) is 12.3. The summed E-state index contributed by atoms with van der Waals surface area (Å²) in [4.78, 5) is 30.3. The Morgan fingerprint density at radius 1 is 1.19 bits per heavy atom. The third kappa shape index (κ3) is 3.48. The number of rotatable bonds is 5. The van der Waals surface area contributed by atoms with Crippen LogP contribution in [0.25, 0.3) is 10.2 Å². The van der Waals surface area contributed by atoms with Gasteiger partial charge in [-0.15, -0.1) is 11.3 Å². The highest BCUT2D eigenvalue weighted by molar-refractivity contribution is 7.16. The van der Waals surface area contributed by atoms with Gasteiger partial charge in [-0.2, -0.15) is 0 Å². The van der Waals surface area contributed by atoms with Crippen LogP contribution in [0, 0.1) is 0 Å². The van der Waals surface area contributed by atoms with Gasteiger partial charge in [0.05, 0.1) is 13.2 Å². The third-order valence-electron chi connectivity index (χ3n) is 6.72. The van der Waals surface area contributed by atoms with Gasteiger partial charge in [0.2, 0.25) is 5.91 Å². The van der Waals surface area contributed by atoms with E-state index in [1.807, 2.05) is 60.2 Å². The Kier molecular flexibility index (Phi) is 5.45. The lowest BCUT2D eigenvalue weighted by Gasteiger charge is -2.44. The SMILES string of the molecule is CCOc1ccc(N2C(=O)c3cc4ccsc4n3CC2(C)C(=O)NC2CCCCC2)cc1. The van der Waals surface area contributed by atoms with E-state index in [-0.39, 0.29) is 17.9 Å². The molecule has 0 bridgehead atoms. The van der Waals surface area contributed by atoms with Crippen LogP contribution in [0.15, 0.2) is 41.8 Å². The highest BCUT2D eigenvalue weighted by Gasteiger charge is 2.49. The summed E-state index contributed by atoms with van der Waals surface area (Å²) >= 11 is 1.61. The van der Waals surface area contributed by atoms with Crippen molar-refractivity contribution < 1.29 is 14.3 Å². The molecule has 1 fully saturated rings. The van der Waals surface area contributed by atoms with Crippen molar-refractivity contribution in [1.82, 2.24) is 9.88 Å². The molecule has 168 valence electrons. The van der Waals surface area contributed by atoms with Crippen molar-refractivity contribution in [2.45, 2.75) is 64.1 Å². The molecular weight excluding hydrogens is 422 g/mol. The molecule has 3 aromatic rings. The monoisotopic (exact) mass is 451 g/mol. The molecule has 1 atom stereocenters. The first kappa shape index (κ1) is 21.1. The predicted molar refractivity (Wildman–Crippen MR) is 128 cm³/mol. The fourth-order valence-electron chi connectivity index (χ4n) is 5.05. The summed E-state index contributed by atoms with van der Waals surface area (Å²) in [7, 11) is 0. The van der Waals surface area contributed by atoms with Crippen molar-refractivity contribution in [2.75, 3.05) is 11.5 Å². The Hall–Kier alpha value is -2.80. The molecule has 0 saturated heterocycles. The van der Waals surface area contributed by atoms with Gasteiger partial charge < -0.3 is 14.6 Å². The fourth-order valence-corrected chi connectivity index (χ4v) is 5.94. The zero-order valence-corrected chi connectivity index (χ0v) is 19.4. The van der Waals surface area contributed by atoms with E-state index < -0.39 is 5.54 Å². The van der Waals surface area contributed by atoms with Crippen LogP contribution in [0.5, 0.6) is 5.75 Å². The van der Waals surface area contributed by atoms with Crippen LogP contribution in [0.3, 0.4) is 0 Å². The molecule has 0 spiro atoms. The molecule has 32 heavy (non-hydrogen) atoms. The Balaban J connectivity index is 1.56. The number of nitrogens with one attached hydrogen (secondary N) is 1. The van der Waals surface area contributed by atoms with Crippen molar-refractivity contribution in [1.29, 1.82) is 0 Å². The van der Waals surface area contributed by atoms with Crippen molar-refractivity contribution in [3.8, 4) is 5.75 Å². The van der Waals surface area contributed by atoms with Gasteiger partial charge in [0.25, 0.3) is 5.91 Å². The van der Waals surface area contributed by atoms with Gasteiger partial charge >= 0.3 is 0 Å². The lowest BCUT2D eigenvalue weighted by atomic mass is 9.91. The Labute approximate surface area is 192 Å². The van der Waals surface area contributed by atoms with Crippen LogP contribution < -0.4 is 15.0 Å². The van der Waals surface area contributed by atoms with Gasteiger partial charge in [-0.1, -0.05) is 19.3 Å². The van der Waals surface area contributed by atoms with E-state index >= 15 is 0 Å². The molecule has 2 aliphatic rings. The quantitative estimate of drug-likeness (QED) is 0.596. The number of ether oxygens (including phenoxy) is 1. The van der Waals surface area contributed by atoms with E-state index in [9.17, 15) is 9.59 Å². The highest BCUT2D eigenvalue weighted by atomic mass is 32.1. The van der Waals surface area contributed by atoms with Gasteiger partial charge in [0.15, 0.2) is 0 Å². The Morgan fingerprint density at radius 3 is 2.66 bits per heavy atom. The maximum Gasteiger partial charge on any atom is 0.275 e. The molecule has 0 radical (unpaired) electrons. The second-order valence-corrected chi connectivity index (χ2v) is 9.84. The highest BCUT2D eigenvalue weighted by Crippen LogP contribution is 2.38. The summed E-state index contributed by atoms with van der Waals surface area (Å²) in [5, 5.41) is 6.35. The number of carbonyl (C=O) groups is 2. The predicted octanol–water partition coefficient (Wildman–Crippen LogP) is 4.97. The normalized spacial score (nSPS) is 21.6. The minimum atomic E-state index is -1.04. The van der Waals surface area contributed by atoms with Crippen molar-refractivity contribution in [3.63, 3.8) is 0 Å². The van der Waals surface area contributed by atoms with Crippen LogP contribution >= 0.6 is 11.3 Å². The largest absolute Gasteiger partial charge is 0.494 e. The minimum Gasteiger partial charge on any atom is -0.494 e. The van der Waals surface area contributed by atoms with Crippen LogP contribution in [0.1, 0.15) is 56.4 Å². The first-order chi connectivity index (χ1) is 15.5. The van der Waals surface area contributed by atoms with Crippen LogP contribution in [-0.4, -0.2) is 34.6 Å². The number of anilines is 1. The molecule has 1 aliphatic carbocycles. The second kappa shape index (κ2) is 8.28. The number of amides is 2. The molecule has 1 N–H and O–H groups in total. The Morgan fingerprint density at radius 2 is 1.94 bits per heavy atom. The van der Waals surface area contributed by atoms with Gasteiger partial charge in [0.1, 0.15) is 21.8 Å². The lowest BCUT2D eigenvalue weighted by molar-refractivity contribution is -0.127. The van der Waals surface area contributed by atoms with Crippen LogP contribution in [0.2, 0.25) is 0 Å². The van der Waals surface area contributed by atoms with Crippen molar-refractivity contribution >= 4 is 39.1 Å².